The second kappa shape index (κ2) is 6.22. The first-order valence-electron chi connectivity index (χ1n) is 6.72. The number of furan rings is 1. The van der Waals surface area contributed by atoms with Crippen molar-refractivity contribution >= 4 is 0 Å². The van der Waals surface area contributed by atoms with Crippen LogP contribution in [0.4, 0.5) is 0 Å². The SMILES string of the molecule is CC(NCC(O)c1ccco1)C1CCCCC1. The molecule has 3 nitrogen and oxygen atoms in total. The molecule has 2 rings (SSSR count). The van der Waals surface area contributed by atoms with Crippen molar-refractivity contribution in [2.24, 2.45) is 5.92 Å². The topological polar surface area (TPSA) is 45.4 Å². The Morgan fingerprint density at radius 1 is 1.41 bits per heavy atom. The van der Waals surface area contributed by atoms with E-state index >= 15 is 0 Å². The molecule has 0 aromatic carbocycles. The van der Waals surface area contributed by atoms with Crippen LogP contribution in [0, 0.1) is 5.92 Å². The zero-order valence-corrected chi connectivity index (χ0v) is 10.6. The smallest absolute Gasteiger partial charge is 0.133 e. The molecule has 1 aliphatic carbocycles. The monoisotopic (exact) mass is 237 g/mol. The molecule has 0 spiro atoms. The van der Waals surface area contributed by atoms with Crippen LogP contribution in [0.15, 0.2) is 22.8 Å². The molecule has 96 valence electrons. The number of aliphatic hydroxyl groups is 1. The Labute approximate surface area is 103 Å². The Bertz CT molecular complexity index is 304. The highest BCUT2D eigenvalue weighted by Crippen LogP contribution is 2.26. The average Bonchev–Trinajstić information content (AvgIpc) is 2.90. The number of hydrogen-bond acceptors (Lipinski definition) is 3. The summed E-state index contributed by atoms with van der Waals surface area (Å²) in [6.45, 7) is 2.80. The molecule has 0 bridgehead atoms. The minimum Gasteiger partial charge on any atom is -0.467 e. The van der Waals surface area contributed by atoms with Gasteiger partial charge in [-0.2, -0.15) is 0 Å². The summed E-state index contributed by atoms with van der Waals surface area (Å²) in [5.41, 5.74) is 0. The summed E-state index contributed by atoms with van der Waals surface area (Å²) < 4.78 is 5.18. The van der Waals surface area contributed by atoms with Crippen LogP contribution in [0.25, 0.3) is 0 Å². The molecule has 1 heterocycles. The summed E-state index contributed by atoms with van der Waals surface area (Å²) >= 11 is 0. The third kappa shape index (κ3) is 3.58. The van der Waals surface area contributed by atoms with E-state index in [0.717, 1.165) is 5.92 Å². The summed E-state index contributed by atoms with van der Waals surface area (Å²) in [6, 6.07) is 4.11. The molecular weight excluding hydrogens is 214 g/mol. The second-order valence-corrected chi connectivity index (χ2v) is 5.13. The molecular formula is C14H23NO2. The van der Waals surface area contributed by atoms with E-state index in [0.29, 0.717) is 18.3 Å². The Morgan fingerprint density at radius 3 is 2.82 bits per heavy atom. The van der Waals surface area contributed by atoms with E-state index in [-0.39, 0.29) is 0 Å². The number of nitrogens with one attached hydrogen (secondary N) is 1. The lowest BCUT2D eigenvalue weighted by Crippen LogP contribution is -2.37. The van der Waals surface area contributed by atoms with E-state index in [2.05, 4.69) is 12.2 Å². The van der Waals surface area contributed by atoms with E-state index in [1.54, 1.807) is 6.26 Å². The third-order valence-electron chi connectivity index (χ3n) is 3.86. The van der Waals surface area contributed by atoms with E-state index in [1.165, 1.54) is 32.1 Å². The third-order valence-corrected chi connectivity index (χ3v) is 3.86. The van der Waals surface area contributed by atoms with Gasteiger partial charge in [-0.1, -0.05) is 19.3 Å². The Morgan fingerprint density at radius 2 is 2.18 bits per heavy atom. The van der Waals surface area contributed by atoms with Gasteiger partial charge in [-0.3, -0.25) is 0 Å². The Kier molecular flexibility index (Phi) is 4.63. The predicted octanol–water partition coefficient (Wildman–Crippen LogP) is 2.87. The maximum Gasteiger partial charge on any atom is 0.133 e. The largest absolute Gasteiger partial charge is 0.467 e. The zero-order chi connectivity index (χ0) is 12.1. The van der Waals surface area contributed by atoms with Gasteiger partial charge in [0.2, 0.25) is 0 Å². The summed E-state index contributed by atoms with van der Waals surface area (Å²) in [5, 5.41) is 13.3. The van der Waals surface area contributed by atoms with Crippen molar-refractivity contribution in [1.82, 2.24) is 5.32 Å². The van der Waals surface area contributed by atoms with Crippen LogP contribution in [0.1, 0.15) is 50.9 Å². The standard InChI is InChI=1S/C14H23NO2/c1-11(12-6-3-2-4-7-12)15-10-13(16)14-8-5-9-17-14/h5,8-9,11-13,15-16H,2-4,6-7,10H2,1H3. The molecule has 3 heteroatoms. The molecule has 0 amide bonds. The van der Waals surface area contributed by atoms with Crippen LogP contribution in [-0.4, -0.2) is 17.7 Å². The Hall–Kier alpha value is -0.800. The van der Waals surface area contributed by atoms with E-state index in [4.69, 9.17) is 4.42 Å². The first-order valence-corrected chi connectivity index (χ1v) is 6.72. The van der Waals surface area contributed by atoms with E-state index in [1.807, 2.05) is 12.1 Å². The predicted molar refractivity (Wildman–Crippen MR) is 67.7 cm³/mol. The van der Waals surface area contributed by atoms with Gasteiger partial charge < -0.3 is 14.8 Å². The van der Waals surface area contributed by atoms with Gasteiger partial charge >= 0.3 is 0 Å². The molecule has 0 radical (unpaired) electrons. The highest BCUT2D eigenvalue weighted by molar-refractivity contribution is 5.02. The van der Waals surface area contributed by atoms with Crippen molar-refractivity contribution in [2.75, 3.05) is 6.54 Å². The van der Waals surface area contributed by atoms with Crippen LogP contribution in [0.5, 0.6) is 0 Å². The van der Waals surface area contributed by atoms with E-state index in [9.17, 15) is 5.11 Å². The minimum atomic E-state index is -0.531. The summed E-state index contributed by atoms with van der Waals surface area (Å²) in [7, 11) is 0. The number of rotatable bonds is 5. The maximum atomic E-state index is 9.90. The molecule has 0 aliphatic heterocycles. The second-order valence-electron chi connectivity index (χ2n) is 5.13. The van der Waals surface area contributed by atoms with Gasteiger partial charge in [-0.05, 0) is 37.8 Å². The Balaban J connectivity index is 1.73. The fourth-order valence-electron chi connectivity index (χ4n) is 2.68. The van der Waals surface area contributed by atoms with Crippen molar-refractivity contribution in [2.45, 2.75) is 51.2 Å². The van der Waals surface area contributed by atoms with Crippen LogP contribution in [0.3, 0.4) is 0 Å². The molecule has 1 aromatic heterocycles. The molecule has 2 N–H and O–H groups in total. The van der Waals surface area contributed by atoms with Crippen molar-refractivity contribution in [3.63, 3.8) is 0 Å². The molecule has 0 saturated heterocycles. The van der Waals surface area contributed by atoms with Crippen molar-refractivity contribution in [1.29, 1.82) is 0 Å². The molecule has 2 atom stereocenters. The normalized spacial score (nSPS) is 21.3. The van der Waals surface area contributed by atoms with Crippen LogP contribution >= 0.6 is 0 Å². The van der Waals surface area contributed by atoms with Crippen LogP contribution in [-0.2, 0) is 0 Å². The van der Waals surface area contributed by atoms with Crippen molar-refractivity contribution < 1.29 is 9.52 Å². The summed E-state index contributed by atoms with van der Waals surface area (Å²) in [5.74, 6) is 1.42. The molecule has 1 aromatic rings. The molecule has 1 aliphatic rings. The van der Waals surface area contributed by atoms with Gasteiger partial charge in [0.05, 0.1) is 6.26 Å². The maximum absolute atomic E-state index is 9.90. The van der Waals surface area contributed by atoms with Crippen molar-refractivity contribution in [3.05, 3.63) is 24.2 Å². The lowest BCUT2D eigenvalue weighted by atomic mass is 9.84. The average molecular weight is 237 g/mol. The van der Waals surface area contributed by atoms with Gasteiger partial charge in [0, 0.05) is 12.6 Å². The molecule has 1 fully saturated rings. The quantitative estimate of drug-likeness (QED) is 0.827. The first-order chi connectivity index (χ1) is 8.27. The minimum absolute atomic E-state index is 0.486. The van der Waals surface area contributed by atoms with Crippen molar-refractivity contribution in [3.8, 4) is 0 Å². The highest BCUT2D eigenvalue weighted by atomic mass is 16.4. The lowest BCUT2D eigenvalue weighted by molar-refractivity contribution is 0.137. The molecule has 17 heavy (non-hydrogen) atoms. The first kappa shape index (κ1) is 12.7. The lowest BCUT2D eigenvalue weighted by Gasteiger charge is -2.28. The number of hydrogen-bond donors (Lipinski definition) is 2. The van der Waals surface area contributed by atoms with Gasteiger partial charge in [0.25, 0.3) is 0 Å². The summed E-state index contributed by atoms with van der Waals surface area (Å²) in [6.07, 6.45) is 7.82. The number of aliphatic hydroxyl groups excluding tert-OH is 1. The van der Waals surface area contributed by atoms with Gasteiger partial charge in [-0.15, -0.1) is 0 Å². The fourth-order valence-corrected chi connectivity index (χ4v) is 2.68. The fraction of sp³-hybridized carbons (Fsp3) is 0.714. The molecule has 2 unspecified atom stereocenters. The van der Waals surface area contributed by atoms with Crippen LogP contribution in [0.2, 0.25) is 0 Å². The van der Waals surface area contributed by atoms with Gasteiger partial charge in [-0.25, -0.2) is 0 Å². The highest BCUT2D eigenvalue weighted by Gasteiger charge is 2.20. The van der Waals surface area contributed by atoms with E-state index < -0.39 is 6.10 Å². The van der Waals surface area contributed by atoms with Gasteiger partial charge in [0.1, 0.15) is 11.9 Å². The summed E-state index contributed by atoms with van der Waals surface area (Å²) in [4.78, 5) is 0. The van der Waals surface area contributed by atoms with Crippen LogP contribution < -0.4 is 5.32 Å². The van der Waals surface area contributed by atoms with Gasteiger partial charge in [0.15, 0.2) is 0 Å². The zero-order valence-electron chi connectivity index (χ0n) is 10.6. The molecule has 1 saturated carbocycles.